The zero-order valence-electron chi connectivity index (χ0n) is 15.8. The molecule has 1 heterocycles. The predicted molar refractivity (Wildman–Crippen MR) is 106 cm³/mol. The summed E-state index contributed by atoms with van der Waals surface area (Å²) >= 11 is 5.89. The van der Waals surface area contributed by atoms with Crippen molar-refractivity contribution in [3.05, 3.63) is 93.5 Å². The van der Waals surface area contributed by atoms with Crippen molar-refractivity contribution in [2.45, 2.75) is 25.3 Å². The average molecular weight is 434 g/mol. The first-order valence-electron chi connectivity index (χ1n) is 9.19. The number of halogens is 5. The van der Waals surface area contributed by atoms with Crippen LogP contribution >= 0.6 is 11.6 Å². The number of rotatable bonds is 3. The lowest BCUT2D eigenvalue weighted by molar-refractivity contribution is -0.127. The van der Waals surface area contributed by atoms with Crippen molar-refractivity contribution in [3.8, 4) is 11.1 Å². The molecule has 3 aromatic carbocycles. The number of fused-ring (bicyclic) bond motifs is 1. The monoisotopic (exact) mass is 433 g/mol. The quantitative estimate of drug-likeness (QED) is 0.417. The third-order valence-electron chi connectivity index (χ3n) is 5.51. The molecule has 0 spiro atoms. The third-order valence-corrected chi connectivity index (χ3v) is 5.80. The highest BCUT2D eigenvalue weighted by Crippen LogP contribution is 2.38. The lowest BCUT2D eigenvalue weighted by Gasteiger charge is -2.35. The highest BCUT2D eigenvalue weighted by atomic mass is 35.5. The minimum Gasteiger partial charge on any atom is -0.351 e. The Balaban J connectivity index is 1.83. The molecule has 1 unspecified atom stereocenters. The number of amides is 1. The molecule has 7 heteroatoms. The van der Waals surface area contributed by atoms with Gasteiger partial charge in [-0.25, -0.2) is 17.6 Å². The molecule has 3 aromatic rings. The molecule has 0 bridgehead atoms. The molecular formula is C23H16ClF4NO. The average Bonchev–Trinajstić information content (AvgIpc) is 2.71. The maximum atomic E-state index is 14.3. The maximum absolute atomic E-state index is 14.3. The number of hydrogen-bond acceptors (Lipinski definition) is 1. The molecule has 1 aliphatic heterocycles. The van der Waals surface area contributed by atoms with E-state index in [4.69, 9.17) is 11.6 Å². The summed E-state index contributed by atoms with van der Waals surface area (Å²) in [6.07, 6.45) is -0.236. The Morgan fingerprint density at radius 3 is 2.40 bits per heavy atom. The van der Waals surface area contributed by atoms with E-state index in [0.29, 0.717) is 22.8 Å². The van der Waals surface area contributed by atoms with Crippen molar-refractivity contribution in [3.63, 3.8) is 0 Å². The minimum atomic E-state index is -1.31. The van der Waals surface area contributed by atoms with Crippen LogP contribution in [0.1, 0.15) is 23.6 Å². The van der Waals surface area contributed by atoms with Crippen LogP contribution in [-0.2, 0) is 23.2 Å². The molecule has 30 heavy (non-hydrogen) atoms. The smallest absolute Gasteiger partial charge is 0.230 e. The molecule has 0 radical (unpaired) electrons. The summed E-state index contributed by atoms with van der Waals surface area (Å²) in [6.45, 7) is 1.87. The number of benzene rings is 3. The summed E-state index contributed by atoms with van der Waals surface area (Å²) in [5, 5.41) is 2.72. The fourth-order valence-corrected chi connectivity index (χ4v) is 4.07. The van der Waals surface area contributed by atoms with Gasteiger partial charge in [-0.1, -0.05) is 29.8 Å². The summed E-state index contributed by atoms with van der Waals surface area (Å²) in [7, 11) is 0. The molecule has 0 saturated heterocycles. The lowest BCUT2D eigenvalue weighted by atomic mass is 9.72. The van der Waals surface area contributed by atoms with E-state index in [-0.39, 0.29) is 29.5 Å². The highest BCUT2D eigenvalue weighted by Gasteiger charge is 2.41. The van der Waals surface area contributed by atoms with Gasteiger partial charge < -0.3 is 5.32 Å². The Kier molecular flexibility index (Phi) is 5.06. The first-order chi connectivity index (χ1) is 14.2. The molecule has 0 saturated carbocycles. The minimum absolute atomic E-state index is 0.0389. The first kappa shape index (κ1) is 20.4. The van der Waals surface area contributed by atoms with Crippen LogP contribution in [-0.4, -0.2) is 5.91 Å². The van der Waals surface area contributed by atoms with E-state index in [1.54, 1.807) is 19.1 Å². The predicted octanol–water partition coefficient (Wildman–Crippen LogP) is 5.69. The van der Waals surface area contributed by atoms with Crippen LogP contribution < -0.4 is 5.32 Å². The molecule has 1 N–H and O–H groups in total. The number of hydrogen-bond donors (Lipinski definition) is 1. The molecule has 1 aliphatic rings. The van der Waals surface area contributed by atoms with Gasteiger partial charge in [0.2, 0.25) is 5.91 Å². The molecule has 1 amide bonds. The van der Waals surface area contributed by atoms with Crippen LogP contribution in [0.4, 0.5) is 17.6 Å². The zero-order valence-corrected chi connectivity index (χ0v) is 16.6. The van der Waals surface area contributed by atoms with Crippen LogP contribution in [0.3, 0.4) is 0 Å². The van der Waals surface area contributed by atoms with Gasteiger partial charge in [0.25, 0.3) is 0 Å². The standard InChI is InChI=1S/C23H16ClF4NO/c1-23(10-15-6-16(25)9-20(27)21(15)28)17-7-12(2-3-14(17)11-29-22(23)30)13-4-5-19(26)18(24)8-13/h2-9H,10-11H2,1H3,(H,29,30). The maximum Gasteiger partial charge on any atom is 0.230 e. The van der Waals surface area contributed by atoms with E-state index < -0.39 is 28.7 Å². The second kappa shape index (κ2) is 7.43. The molecule has 0 aliphatic carbocycles. The highest BCUT2D eigenvalue weighted by molar-refractivity contribution is 6.31. The summed E-state index contributed by atoms with van der Waals surface area (Å²) < 4.78 is 55.2. The Morgan fingerprint density at radius 1 is 0.967 bits per heavy atom. The van der Waals surface area contributed by atoms with Gasteiger partial charge in [0.1, 0.15) is 11.6 Å². The van der Waals surface area contributed by atoms with E-state index in [0.717, 1.165) is 11.6 Å². The van der Waals surface area contributed by atoms with E-state index in [1.807, 2.05) is 12.1 Å². The number of carbonyl (C=O) groups is 1. The molecule has 2 nitrogen and oxygen atoms in total. The van der Waals surface area contributed by atoms with E-state index in [9.17, 15) is 22.4 Å². The van der Waals surface area contributed by atoms with Crippen molar-refractivity contribution in [1.82, 2.24) is 5.32 Å². The van der Waals surface area contributed by atoms with E-state index >= 15 is 0 Å². The Bertz CT molecular complexity index is 1180. The summed E-state index contributed by atoms with van der Waals surface area (Å²) in [4.78, 5) is 12.8. The molecule has 154 valence electrons. The second-order valence-corrected chi connectivity index (χ2v) is 7.96. The van der Waals surface area contributed by atoms with Crippen molar-refractivity contribution in [1.29, 1.82) is 0 Å². The van der Waals surface area contributed by atoms with Gasteiger partial charge >= 0.3 is 0 Å². The van der Waals surface area contributed by atoms with Crippen LogP contribution in [0, 0.1) is 23.3 Å². The molecule has 0 aromatic heterocycles. The SMILES string of the molecule is CC1(Cc2cc(F)cc(F)c2F)C(=O)NCc2ccc(-c3ccc(F)c(Cl)c3)cc21. The van der Waals surface area contributed by atoms with Crippen LogP contribution in [0.5, 0.6) is 0 Å². The van der Waals surface area contributed by atoms with E-state index in [2.05, 4.69) is 5.32 Å². The third kappa shape index (κ3) is 3.45. The topological polar surface area (TPSA) is 29.1 Å². The van der Waals surface area contributed by atoms with E-state index in [1.165, 1.54) is 12.1 Å². The van der Waals surface area contributed by atoms with Crippen molar-refractivity contribution >= 4 is 17.5 Å². The van der Waals surface area contributed by atoms with Gasteiger partial charge in [0.05, 0.1) is 10.4 Å². The second-order valence-electron chi connectivity index (χ2n) is 7.55. The Labute approximate surface area is 175 Å². The van der Waals surface area contributed by atoms with Gasteiger partial charge in [0.15, 0.2) is 11.6 Å². The van der Waals surface area contributed by atoms with Crippen LogP contribution in [0.15, 0.2) is 48.5 Å². The van der Waals surface area contributed by atoms with Crippen LogP contribution in [0.25, 0.3) is 11.1 Å². The fraction of sp³-hybridized carbons (Fsp3) is 0.174. The van der Waals surface area contributed by atoms with Gasteiger partial charge in [0, 0.05) is 12.6 Å². The lowest BCUT2D eigenvalue weighted by Crippen LogP contribution is -2.48. The largest absolute Gasteiger partial charge is 0.351 e. The Morgan fingerprint density at radius 2 is 1.67 bits per heavy atom. The summed E-state index contributed by atoms with van der Waals surface area (Å²) in [5.74, 6) is -4.34. The number of nitrogens with one attached hydrogen (secondary N) is 1. The zero-order chi connectivity index (χ0) is 21.6. The molecular weight excluding hydrogens is 418 g/mol. The van der Waals surface area contributed by atoms with Crippen molar-refractivity contribution in [2.75, 3.05) is 0 Å². The Hall–Kier alpha value is -2.86. The van der Waals surface area contributed by atoms with Crippen molar-refractivity contribution in [2.24, 2.45) is 0 Å². The molecule has 0 fully saturated rings. The summed E-state index contributed by atoms with van der Waals surface area (Å²) in [5.41, 5.74) is 1.23. The van der Waals surface area contributed by atoms with Gasteiger partial charge in [-0.2, -0.15) is 0 Å². The normalized spacial score (nSPS) is 18.1. The first-order valence-corrected chi connectivity index (χ1v) is 9.57. The van der Waals surface area contributed by atoms with Crippen molar-refractivity contribution < 1.29 is 22.4 Å². The fourth-order valence-electron chi connectivity index (χ4n) is 3.89. The molecule has 4 rings (SSSR count). The van der Waals surface area contributed by atoms with Gasteiger partial charge in [-0.05, 0) is 65.4 Å². The van der Waals surface area contributed by atoms with Gasteiger partial charge in [-0.3, -0.25) is 4.79 Å². The molecule has 1 atom stereocenters. The summed E-state index contributed by atoms with van der Waals surface area (Å²) in [6, 6.07) is 11.0. The van der Waals surface area contributed by atoms with Crippen LogP contribution in [0.2, 0.25) is 5.02 Å². The van der Waals surface area contributed by atoms with Gasteiger partial charge in [-0.15, -0.1) is 0 Å². The number of carbonyl (C=O) groups excluding carboxylic acids is 1.